The van der Waals surface area contributed by atoms with Gasteiger partial charge in [-0.25, -0.2) is 9.18 Å². The van der Waals surface area contributed by atoms with E-state index in [1.54, 1.807) is 12.1 Å². The molecule has 204 valence electrons. The van der Waals surface area contributed by atoms with Crippen molar-refractivity contribution < 1.29 is 33.8 Å². The molecule has 0 aliphatic heterocycles. The minimum atomic E-state index is -1.50. The van der Waals surface area contributed by atoms with E-state index in [0.29, 0.717) is 11.1 Å². The maximum Gasteiger partial charge on any atom is 0.328 e. The van der Waals surface area contributed by atoms with Crippen molar-refractivity contribution in [3.8, 4) is 5.75 Å². The number of nitrogens with two attached hydrogens (primary N) is 1. The van der Waals surface area contributed by atoms with E-state index < -0.39 is 48.1 Å². The fourth-order valence-corrected chi connectivity index (χ4v) is 3.79. The second kappa shape index (κ2) is 13.4. The Bertz CT molecular complexity index is 1370. The summed E-state index contributed by atoms with van der Waals surface area (Å²) in [6.07, 6.45) is 0.0968. The van der Waals surface area contributed by atoms with Crippen LogP contribution in [0.2, 0.25) is 5.02 Å². The van der Waals surface area contributed by atoms with Gasteiger partial charge < -0.3 is 31.9 Å². The van der Waals surface area contributed by atoms with Crippen LogP contribution >= 0.6 is 11.6 Å². The Kier molecular flexibility index (Phi) is 9.96. The molecule has 0 saturated heterocycles. The van der Waals surface area contributed by atoms with Gasteiger partial charge in [0.15, 0.2) is 0 Å². The lowest BCUT2D eigenvalue weighted by molar-refractivity contribution is -0.139. The summed E-state index contributed by atoms with van der Waals surface area (Å²) in [5.74, 6) is -3.74. The van der Waals surface area contributed by atoms with Gasteiger partial charge in [-0.15, -0.1) is 0 Å². The number of benzene rings is 3. The van der Waals surface area contributed by atoms with Gasteiger partial charge in [0, 0.05) is 18.7 Å². The van der Waals surface area contributed by atoms with Gasteiger partial charge in [-0.05, 0) is 60.0 Å². The molecule has 0 radical (unpaired) electrons. The van der Waals surface area contributed by atoms with Crippen LogP contribution in [0.15, 0.2) is 66.7 Å². The van der Waals surface area contributed by atoms with Gasteiger partial charge in [0.1, 0.15) is 17.6 Å². The van der Waals surface area contributed by atoms with E-state index in [0.717, 1.165) is 0 Å². The van der Waals surface area contributed by atoms with Crippen LogP contribution in [0.5, 0.6) is 5.75 Å². The van der Waals surface area contributed by atoms with Crippen LogP contribution < -0.4 is 21.7 Å². The molecule has 3 amide bonds. The van der Waals surface area contributed by atoms with Gasteiger partial charge in [-0.1, -0.05) is 35.9 Å². The number of carbonyl (C=O) groups excluding carboxylic acids is 3. The third-order valence-electron chi connectivity index (χ3n) is 5.63. The van der Waals surface area contributed by atoms with Gasteiger partial charge >= 0.3 is 5.97 Å². The SMILES string of the molecule is NC(Cc1ccc(F)cc1)C(=O)NC[C@H](NC(=O)c1ccc(C(=O)NCc2cccc(O)c2)cc1Cl)C(=O)O. The normalized spacial score (nSPS) is 12.2. The van der Waals surface area contributed by atoms with Crippen LogP contribution in [-0.4, -0.2) is 52.5 Å². The average Bonchev–Trinajstić information content (AvgIpc) is 2.90. The van der Waals surface area contributed by atoms with Crippen molar-refractivity contribution in [2.75, 3.05) is 6.54 Å². The van der Waals surface area contributed by atoms with Crippen LogP contribution in [0.25, 0.3) is 0 Å². The lowest BCUT2D eigenvalue weighted by Gasteiger charge is -2.18. The van der Waals surface area contributed by atoms with Crippen molar-refractivity contribution in [2.24, 2.45) is 5.73 Å². The summed E-state index contributed by atoms with van der Waals surface area (Å²) in [6.45, 7) is -0.309. The first-order valence-corrected chi connectivity index (χ1v) is 12.1. The minimum Gasteiger partial charge on any atom is -0.508 e. The third kappa shape index (κ3) is 8.52. The lowest BCUT2D eigenvalue weighted by Crippen LogP contribution is -2.51. The first-order valence-electron chi connectivity index (χ1n) is 11.7. The van der Waals surface area contributed by atoms with E-state index in [1.807, 2.05) is 0 Å². The van der Waals surface area contributed by atoms with E-state index in [2.05, 4.69) is 16.0 Å². The molecule has 2 atom stereocenters. The molecule has 1 unspecified atom stereocenters. The highest BCUT2D eigenvalue weighted by atomic mass is 35.5. The molecule has 0 aliphatic carbocycles. The van der Waals surface area contributed by atoms with Crippen molar-refractivity contribution in [3.05, 3.63) is 99.8 Å². The quantitative estimate of drug-likeness (QED) is 0.210. The van der Waals surface area contributed by atoms with Crippen LogP contribution in [0.3, 0.4) is 0 Å². The number of hydrogen-bond acceptors (Lipinski definition) is 6. The van der Waals surface area contributed by atoms with Gasteiger partial charge in [0.05, 0.1) is 16.6 Å². The molecule has 10 nitrogen and oxygen atoms in total. The summed E-state index contributed by atoms with van der Waals surface area (Å²) in [4.78, 5) is 49.2. The smallest absolute Gasteiger partial charge is 0.328 e. The Morgan fingerprint density at radius 1 is 0.923 bits per heavy atom. The topological polar surface area (TPSA) is 171 Å². The summed E-state index contributed by atoms with van der Waals surface area (Å²) < 4.78 is 13.0. The molecule has 3 rings (SSSR count). The maximum absolute atomic E-state index is 13.0. The van der Waals surface area contributed by atoms with E-state index in [-0.39, 0.29) is 34.9 Å². The second-order valence-electron chi connectivity index (χ2n) is 8.59. The van der Waals surface area contributed by atoms with Gasteiger partial charge in [0.2, 0.25) is 5.91 Å². The van der Waals surface area contributed by atoms with Crippen molar-refractivity contribution in [1.29, 1.82) is 0 Å². The van der Waals surface area contributed by atoms with E-state index in [9.17, 15) is 33.8 Å². The van der Waals surface area contributed by atoms with Crippen LogP contribution in [-0.2, 0) is 22.6 Å². The minimum absolute atomic E-state index is 0.0623. The van der Waals surface area contributed by atoms with Crippen molar-refractivity contribution in [2.45, 2.75) is 25.0 Å². The number of aliphatic carboxylic acids is 1. The first-order chi connectivity index (χ1) is 18.5. The van der Waals surface area contributed by atoms with Crippen LogP contribution in [0.4, 0.5) is 4.39 Å². The molecule has 3 aromatic rings. The largest absolute Gasteiger partial charge is 0.508 e. The average molecular weight is 557 g/mol. The number of halogens is 2. The van der Waals surface area contributed by atoms with E-state index >= 15 is 0 Å². The summed E-state index contributed by atoms with van der Waals surface area (Å²) in [5, 5.41) is 26.3. The van der Waals surface area contributed by atoms with Gasteiger partial charge in [-0.3, -0.25) is 14.4 Å². The van der Waals surface area contributed by atoms with E-state index in [1.165, 1.54) is 54.6 Å². The predicted octanol–water partition coefficient (Wildman–Crippen LogP) is 1.98. The van der Waals surface area contributed by atoms with Crippen LogP contribution in [0.1, 0.15) is 31.8 Å². The molecule has 0 saturated carbocycles. The monoisotopic (exact) mass is 556 g/mol. The Morgan fingerprint density at radius 2 is 1.64 bits per heavy atom. The summed E-state index contributed by atoms with van der Waals surface area (Å²) in [6, 6.07) is 13.2. The predicted molar refractivity (Wildman–Crippen MR) is 141 cm³/mol. The fraction of sp³-hybridized carbons (Fsp3) is 0.185. The lowest BCUT2D eigenvalue weighted by atomic mass is 10.1. The van der Waals surface area contributed by atoms with Gasteiger partial charge in [-0.2, -0.15) is 0 Å². The molecule has 12 heteroatoms. The van der Waals surface area contributed by atoms with E-state index in [4.69, 9.17) is 17.3 Å². The molecular formula is C27H26ClFN4O6. The number of rotatable bonds is 11. The number of carboxylic acids is 1. The molecule has 3 aromatic carbocycles. The summed E-state index contributed by atoms with van der Waals surface area (Å²) in [7, 11) is 0. The molecule has 39 heavy (non-hydrogen) atoms. The highest BCUT2D eigenvalue weighted by molar-refractivity contribution is 6.34. The van der Waals surface area contributed by atoms with Gasteiger partial charge in [0.25, 0.3) is 11.8 Å². The van der Waals surface area contributed by atoms with Crippen molar-refractivity contribution in [3.63, 3.8) is 0 Å². The maximum atomic E-state index is 13.0. The zero-order valence-corrected chi connectivity index (χ0v) is 21.2. The standard InChI is InChI=1S/C27H26ClFN4O6/c28-21-12-17(24(35)31-13-16-2-1-3-19(34)10-16)6-9-20(21)25(36)33-23(27(38)39)14-32-26(37)22(30)11-15-4-7-18(29)8-5-15/h1-10,12,22-23,34H,11,13-14,30H2,(H,31,35)(H,32,37)(H,33,36)(H,38,39)/t22?,23-/m0/s1. The molecule has 0 fully saturated rings. The molecule has 0 aromatic heterocycles. The number of phenols is 1. The Balaban J connectivity index is 1.56. The second-order valence-corrected chi connectivity index (χ2v) is 9.00. The number of amides is 3. The Labute approximate surface area is 228 Å². The Hall–Kier alpha value is -4.48. The molecule has 7 N–H and O–H groups in total. The molecule has 0 spiro atoms. The zero-order chi connectivity index (χ0) is 28.5. The Morgan fingerprint density at radius 3 is 2.28 bits per heavy atom. The highest BCUT2D eigenvalue weighted by Gasteiger charge is 2.24. The van der Waals surface area contributed by atoms with Crippen molar-refractivity contribution >= 4 is 35.3 Å². The number of carboxylic acid groups (broad SMARTS) is 1. The van der Waals surface area contributed by atoms with Crippen molar-refractivity contribution in [1.82, 2.24) is 16.0 Å². The number of aromatic hydroxyl groups is 1. The first kappa shape index (κ1) is 29.1. The number of phenolic OH excluding ortho intramolecular Hbond substituents is 1. The number of carbonyl (C=O) groups is 4. The summed E-state index contributed by atoms with van der Waals surface area (Å²) >= 11 is 6.19. The highest BCUT2D eigenvalue weighted by Crippen LogP contribution is 2.19. The zero-order valence-electron chi connectivity index (χ0n) is 20.5. The molecule has 0 heterocycles. The third-order valence-corrected chi connectivity index (χ3v) is 5.94. The van der Waals surface area contributed by atoms with Crippen LogP contribution in [0, 0.1) is 5.82 Å². The molecule has 0 bridgehead atoms. The fourth-order valence-electron chi connectivity index (χ4n) is 3.53. The molecule has 0 aliphatic rings. The summed E-state index contributed by atoms with van der Waals surface area (Å²) in [5.41, 5.74) is 7.24. The number of hydrogen-bond donors (Lipinski definition) is 6. The molecular weight excluding hydrogens is 531 g/mol. The number of nitrogens with one attached hydrogen (secondary N) is 3.